The zero-order valence-corrected chi connectivity index (χ0v) is 13.4. The van der Waals surface area contributed by atoms with Crippen molar-refractivity contribution in [1.29, 1.82) is 0 Å². The fraction of sp³-hybridized carbons (Fsp3) is 0.733. The van der Waals surface area contributed by atoms with Gasteiger partial charge in [-0.1, -0.05) is 33.0 Å². The second-order valence-corrected chi connectivity index (χ2v) is 5.95. The van der Waals surface area contributed by atoms with Gasteiger partial charge in [0, 0.05) is 12.1 Å². The SMILES string of the molecule is CCCN(C)CCCCNc1c(C(C)C)c(=O)c1=S. The minimum absolute atomic E-state index is 0.0650. The fourth-order valence-corrected chi connectivity index (χ4v) is 2.64. The average molecular weight is 282 g/mol. The highest BCUT2D eigenvalue weighted by atomic mass is 32.1. The standard InChI is InChI=1S/C15H26N2OS/c1-5-9-17(4)10-7-6-8-16-13-12(11(2)3)14(18)15(13)19/h11,16H,5-10H2,1-4H3. The van der Waals surface area contributed by atoms with Gasteiger partial charge >= 0.3 is 0 Å². The lowest BCUT2D eigenvalue weighted by atomic mass is 9.96. The van der Waals surface area contributed by atoms with E-state index in [1.165, 1.54) is 12.8 Å². The molecule has 0 radical (unpaired) electrons. The highest BCUT2D eigenvalue weighted by molar-refractivity contribution is 7.71. The van der Waals surface area contributed by atoms with Crippen molar-refractivity contribution in [3.8, 4) is 0 Å². The summed E-state index contributed by atoms with van der Waals surface area (Å²) >= 11 is 5.10. The van der Waals surface area contributed by atoms with Crippen LogP contribution in [-0.4, -0.2) is 31.6 Å². The molecule has 4 heteroatoms. The van der Waals surface area contributed by atoms with Crippen molar-refractivity contribution in [2.75, 3.05) is 32.0 Å². The van der Waals surface area contributed by atoms with E-state index in [9.17, 15) is 4.79 Å². The monoisotopic (exact) mass is 282 g/mol. The molecule has 0 aliphatic heterocycles. The molecule has 0 spiro atoms. The Morgan fingerprint density at radius 2 is 1.95 bits per heavy atom. The van der Waals surface area contributed by atoms with E-state index in [0.717, 1.165) is 37.3 Å². The van der Waals surface area contributed by atoms with E-state index >= 15 is 0 Å². The third-order valence-corrected chi connectivity index (χ3v) is 3.79. The van der Waals surface area contributed by atoms with Gasteiger partial charge in [0.25, 0.3) is 0 Å². The van der Waals surface area contributed by atoms with Crippen LogP contribution < -0.4 is 10.7 Å². The molecule has 0 amide bonds. The first-order chi connectivity index (χ1) is 8.99. The molecular weight excluding hydrogens is 256 g/mol. The summed E-state index contributed by atoms with van der Waals surface area (Å²) in [6, 6.07) is 0. The number of unbranched alkanes of at least 4 members (excludes halogenated alkanes) is 1. The van der Waals surface area contributed by atoms with Crippen LogP contribution in [0.1, 0.15) is 51.5 Å². The molecule has 0 saturated carbocycles. The number of nitrogens with zero attached hydrogens (tertiary/aromatic N) is 1. The molecule has 108 valence electrons. The molecule has 0 atom stereocenters. The first kappa shape index (κ1) is 16.3. The topological polar surface area (TPSA) is 32.3 Å². The van der Waals surface area contributed by atoms with Gasteiger partial charge in [0.15, 0.2) is 0 Å². The van der Waals surface area contributed by atoms with Crippen LogP contribution in [0.3, 0.4) is 0 Å². The van der Waals surface area contributed by atoms with Crippen LogP contribution >= 0.6 is 12.2 Å². The van der Waals surface area contributed by atoms with Crippen molar-refractivity contribution in [1.82, 2.24) is 4.90 Å². The van der Waals surface area contributed by atoms with Crippen molar-refractivity contribution >= 4 is 17.9 Å². The van der Waals surface area contributed by atoms with Gasteiger partial charge in [0.05, 0.1) is 5.69 Å². The number of nitrogens with one attached hydrogen (secondary N) is 1. The van der Waals surface area contributed by atoms with Gasteiger partial charge in [-0.25, -0.2) is 0 Å². The molecule has 1 rings (SSSR count). The van der Waals surface area contributed by atoms with Crippen LogP contribution in [0.25, 0.3) is 0 Å². The third-order valence-electron chi connectivity index (χ3n) is 3.40. The van der Waals surface area contributed by atoms with Crippen molar-refractivity contribution in [3.05, 3.63) is 20.3 Å². The maximum Gasteiger partial charge on any atom is 0.204 e. The molecule has 0 aliphatic rings. The van der Waals surface area contributed by atoms with Gasteiger partial charge in [-0.3, -0.25) is 4.79 Å². The quantitative estimate of drug-likeness (QED) is 0.556. The summed E-state index contributed by atoms with van der Waals surface area (Å²) in [5.74, 6) is 0.261. The molecule has 1 aromatic rings. The van der Waals surface area contributed by atoms with Gasteiger partial charge < -0.3 is 10.2 Å². The molecular formula is C15H26N2OS. The number of hydrogen-bond donors (Lipinski definition) is 1. The molecule has 0 aliphatic carbocycles. The van der Waals surface area contributed by atoms with Crippen molar-refractivity contribution in [3.63, 3.8) is 0 Å². The Kier molecular flexibility index (Phi) is 6.66. The second-order valence-electron chi connectivity index (χ2n) is 5.54. The summed E-state index contributed by atoms with van der Waals surface area (Å²) in [6.45, 7) is 9.47. The Labute approximate surface area is 121 Å². The molecule has 0 aromatic heterocycles. The number of rotatable bonds is 9. The van der Waals surface area contributed by atoms with Crippen LogP contribution in [-0.2, 0) is 0 Å². The molecule has 0 saturated heterocycles. The molecule has 1 aromatic carbocycles. The summed E-state index contributed by atoms with van der Waals surface area (Å²) in [5.41, 5.74) is 1.88. The second kappa shape index (κ2) is 7.75. The minimum atomic E-state index is 0.0650. The van der Waals surface area contributed by atoms with Crippen LogP contribution in [0.2, 0.25) is 0 Å². The Bertz CT molecular complexity index is 461. The Morgan fingerprint density at radius 1 is 1.26 bits per heavy atom. The Morgan fingerprint density at radius 3 is 2.53 bits per heavy atom. The van der Waals surface area contributed by atoms with Gasteiger partial charge in [0.1, 0.15) is 4.51 Å². The summed E-state index contributed by atoms with van der Waals surface area (Å²) in [7, 11) is 2.16. The summed E-state index contributed by atoms with van der Waals surface area (Å²) in [4.78, 5) is 14.0. The molecule has 1 N–H and O–H groups in total. The van der Waals surface area contributed by atoms with E-state index in [4.69, 9.17) is 12.2 Å². The highest BCUT2D eigenvalue weighted by Gasteiger charge is 2.19. The van der Waals surface area contributed by atoms with E-state index in [0.29, 0.717) is 4.51 Å². The summed E-state index contributed by atoms with van der Waals surface area (Å²) < 4.78 is 0.492. The third kappa shape index (κ3) is 4.39. The van der Waals surface area contributed by atoms with E-state index in [1.54, 1.807) is 0 Å². The lowest BCUT2D eigenvalue weighted by Crippen LogP contribution is -2.24. The first-order valence-corrected chi connectivity index (χ1v) is 7.65. The number of anilines is 1. The molecule has 19 heavy (non-hydrogen) atoms. The normalized spacial score (nSPS) is 11.7. The zero-order chi connectivity index (χ0) is 14.4. The van der Waals surface area contributed by atoms with Crippen LogP contribution in [0.5, 0.6) is 0 Å². The molecule has 0 bridgehead atoms. The Hall–Kier alpha value is -0.740. The van der Waals surface area contributed by atoms with Crippen LogP contribution in [0.4, 0.5) is 5.69 Å². The molecule has 0 unspecified atom stereocenters. The van der Waals surface area contributed by atoms with Gasteiger partial charge in [-0.05, 0) is 45.3 Å². The fourth-order valence-electron chi connectivity index (χ4n) is 2.35. The number of hydrogen-bond acceptors (Lipinski definition) is 4. The summed E-state index contributed by atoms with van der Waals surface area (Å²) in [5, 5.41) is 3.34. The lowest BCUT2D eigenvalue weighted by molar-refractivity contribution is 0.328. The van der Waals surface area contributed by atoms with Gasteiger partial charge in [0.2, 0.25) is 5.43 Å². The van der Waals surface area contributed by atoms with Crippen molar-refractivity contribution in [2.24, 2.45) is 0 Å². The average Bonchev–Trinajstić information content (AvgIpc) is 2.36. The maximum absolute atomic E-state index is 11.6. The summed E-state index contributed by atoms with van der Waals surface area (Å²) in [6.07, 6.45) is 3.49. The predicted molar refractivity (Wildman–Crippen MR) is 85.5 cm³/mol. The van der Waals surface area contributed by atoms with Crippen molar-refractivity contribution < 1.29 is 0 Å². The van der Waals surface area contributed by atoms with E-state index in [2.05, 4.69) is 24.2 Å². The smallest absolute Gasteiger partial charge is 0.204 e. The van der Waals surface area contributed by atoms with Crippen LogP contribution in [0, 0.1) is 4.51 Å². The lowest BCUT2D eigenvalue weighted by Gasteiger charge is -2.18. The predicted octanol–water partition coefficient (Wildman–Crippen LogP) is 3.31. The van der Waals surface area contributed by atoms with E-state index in [-0.39, 0.29) is 11.3 Å². The maximum atomic E-state index is 11.6. The molecule has 0 heterocycles. The van der Waals surface area contributed by atoms with Crippen LogP contribution in [0.15, 0.2) is 4.79 Å². The molecule has 3 nitrogen and oxygen atoms in total. The van der Waals surface area contributed by atoms with E-state index < -0.39 is 0 Å². The highest BCUT2D eigenvalue weighted by Crippen LogP contribution is 2.25. The van der Waals surface area contributed by atoms with E-state index in [1.807, 2.05) is 13.8 Å². The molecule has 0 fully saturated rings. The Balaban J connectivity index is 2.29. The minimum Gasteiger partial charge on any atom is -0.383 e. The van der Waals surface area contributed by atoms with Gasteiger partial charge in [-0.15, -0.1) is 0 Å². The van der Waals surface area contributed by atoms with Gasteiger partial charge in [-0.2, -0.15) is 0 Å². The zero-order valence-electron chi connectivity index (χ0n) is 12.6. The first-order valence-electron chi connectivity index (χ1n) is 7.24. The largest absolute Gasteiger partial charge is 0.383 e. The van der Waals surface area contributed by atoms with Crippen molar-refractivity contribution in [2.45, 2.75) is 46.0 Å².